The fraction of sp³-hybridized carbons (Fsp3) is 0.471. The first-order valence-electron chi connectivity index (χ1n) is 7.40. The third-order valence-corrected chi connectivity index (χ3v) is 3.70. The predicted octanol–water partition coefficient (Wildman–Crippen LogP) is 3.19. The molecule has 1 heterocycles. The molecule has 3 N–H and O–H groups in total. The third-order valence-electron chi connectivity index (χ3n) is 3.70. The molecule has 21 heavy (non-hydrogen) atoms. The molecule has 0 saturated carbocycles. The molecule has 0 bridgehead atoms. The van der Waals surface area contributed by atoms with Crippen LogP contribution >= 0.6 is 0 Å². The fourth-order valence-corrected chi connectivity index (χ4v) is 2.76. The fourth-order valence-electron chi connectivity index (χ4n) is 2.76. The Balaban J connectivity index is 2.52. The normalized spacial score (nSPS) is 15.1. The number of nitrogens with two attached hydrogens (primary N) is 1. The molecular formula is C17H25N3O. The molecule has 114 valence electrons. The molecule has 0 spiro atoms. The summed E-state index contributed by atoms with van der Waals surface area (Å²) in [6.07, 6.45) is 1.78. The zero-order valence-electron chi connectivity index (χ0n) is 13.3. The number of nitrogens with zero attached hydrogens (tertiary/aromatic N) is 1. The molecule has 1 aromatic carbocycles. The van der Waals surface area contributed by atoms with E-state index in [0.717, 1.165) is 16.5 Å². The topological polar surface area (TPSA) is 60.2 Å². The van der Waals surface area contributed by atoms with Crippen LogP contribution in [0.4, 0.5) is 0 Å². The summed E-state index contributed by atoms with van der Waals surface area (Å²) in [6, 6.07) is 10.1. The van der Waals surface area contributed by atoms with E-state index in [4.69, 9.17) is 10.6 Å². The van der Waals surface area contributed by atoms with Gasteiger partial charge in [0.1, 0.15) is 0 Å². The third kappa shape index (κ3) is 3.40. The van der Waals surface area contributed by atoms with Crippen LogP contribution in [0.2, 0.25) is 0 Å². The Morgan fingerprint density at radius 2 is 2.00 bits per heavy atom. The number of rotatable bonds is 5. The molecule has 2 aromatic rings. The van der Waals surface area contributed by atoms with Crippen molar-refractivity contribution in [1.29, 1.82) is 0 Å². The smallest absolute Gasteiger partial charge is 0.0830 e. The molecule has 1 aromatic heterocycles. The molecule has 2 unspecified atom stereocenters. The van der Waals surface area contributed by atoms with E-state index in [1.807, 2.05) is 25.1 Å². The van der Waals surface area contributed by atoms with Crippen LogP contribution in [0.1, 0.15) is 39.3 Å². The molecule has 0 amide bonds. The Labute approximate surface area is 126 Å². The minimum atomic E-state index is -0.0853. The average Bonchev–Trinajstić information content (AvgIpc) is 2.46. The summed E-state index contributed by atoms with van der Waals surface area (Å²) < 4.78 is 6.00. The maximum Gasteiger partial charge on any atom is 0.0830 e. The van der Waals surface area contributed by atoms with Crippen LogP contribution in [0, 0.1) is 5.41 Å². The highest BCUT2D eigenvalue weighted by atomic mass is 16.5. The van der Waals surface area contributed by atoms with Gasteiger partial charge in [-0.3, -0.25) is 16.3 Å². The van der Waals surface area contributed by atoms with Gasteiger partial charge in [0.15, 0.2) is 0 Å². The van der Waals surface area contributed by atoms with Crippen molar-refractivity contribution in [3.8, 4) is 0 Å². The highest BCUT2D eigenvalue weighted by Gasteiger charge is 2.34. The lowest BCUT2D eigenvalue weighted by Crippen LogP contribution is -2.44. The van der Waals surface area contributed by atoms with Crippen molar-refractivity contribution in [2.75, 3.05) is 6.61 Å². The van der Waals surface area contributed by atoms with E-state index in [-0.39, 0.29) is 17.6 Å². The van der Waals surface area contributed by atoms with E-state index in [1.165, 1.54) is 0 Å². The van der Waals surface area contributed by atoms with Crippen LogP contribution in [-0.4, -0.2) is 17.7 Å². The van der Waals surface area contributed by atoms with Crippen molar-refractivity contribution in [1.82, 2.24) is 10.4 Å². The number of benzene rings is 1. The van der Waals surface area contributed by atoms with E-state index in [1.54, 1.807) is 6.20 Å². The molecule has 4 nitrogen and oxygen atoms in total. The molecule has 2 rings (SSSR count). The number of nitrogens with one attached hydrogen (secondary N) is 1. The Hall–Kier alpha value is -1.49. The second-order valence-electron chi connectivity index (χ2n) is 6.30. The molecule has 0 aliphatic heterocycles. The van der Waals surface area contributed by atoms with Crippen LogP contribution in [0.25, 0.3) is 10.9 Å². The molecule has 0 aliphatic rings. The second kappa shape index (κ2) is 6.52. The molecule has 2 atom stereocenters. The van der Waals surface area contributed by atoms with E-state index in [2.05, 4.69) is 43.3 Å². The quantitative estimate of drug-likeness (QED) is 0.655. The van der Waals surface area contributed by atoms with E-state index in [0.29, 0.717) is 6.61 Å². The Morgan fingerprint density at radius 3 is 2.62 bits per heavy atom. The van der Waals surface area contributed by atoms with Gasteiger partial charge in [0.2, 0.25) is 0 Å². The Bertz CT molecular complexity index is 587. The Kier molecular flexibility index (Phi) is 4.93. The summed E-state index contributed by atoms with van der Waals surface area (Å²) >= 11 is 0. The van der Waals surface area contributed by atoms with Crippen LogP contribution in [0.5, 0.6) is 0 Å². The van der Waals surface area contributed by atoms with Crippen molar-refractivity contribution in [3.05, 3.63) is 42.1 Å². The molecule has 0 saturated heterocycles. The lowest BCUT2D eigenvalue weighted by molar-refractivity contribution is -0.0363. The number of aromatic nitrogens is 1. The van der Waals surface area contributed by atoms with Gasteiger partial charge in [-0.15, -0.1) is 0 Å². The van der Waals surface area contributed by atoms with Gasteiger partial charge in [-0.05, 0) is 30.0 Å². The highest BCUT2D eigenvalue weighted by molar-refractivity contribution is 5.82. The lowest BCUT2D eigenvalue weighted by atomic mass is 9.81. The summed E-state index contributed by atoms with van der Waals surface area (Å²) in [7, 11) is 0. The number of fused-ring (bicyclic) bond motifs is 1. The highest BCUT2D eigenvalue weighted by Crippen LogP contribution is 2.35. The van der Waals surface area contributed by atoms with Crippen molar-refractivity contribution < 1.29 is 4.74 Å². The lowest BCUT2D eigenvalue weighted by Gasteiger charge is -2.37. The van der Waals surface area contributed by atoms with Crippen molar-refractivity contribution in [2.24, 2.45) is 11.3 Å². The number of hydrazine groups is 1. The van der Waals surface area contributed by atoms with Gasteiger partial charge in [-0.1, -0.05) is 39.0 Å². The molecule has 0 fully saturated rings. The monoisotopic (exact) mass is 287 g/mol. The predicted molar refractivity (Wildman–Crippen MR) is 86.7 cm³/mol. The maximum atomic E-state index is 6.00. The summed E-state index contributed by atoms with van der Waals surface area (Å²) in [4.78, 5) is 4.42. The SMILES string of the molecule is CCOC(C(NN)c1cccc2ncccc12)C(C)(C)C. The van der Waals surface area contributed by atoms with Gasteiger partial charge in [0, 0.05) is 18.2 Å². The van der Waals surface area contributed by atoms with Gasteiger partial charge in [-0.2, -0.15) is 0 Å². The van der Waals surface area contributed by atoms with Gasteiger partial charge in [0.25, 0.3) is 0 Å². The molecular weight excluding hydrogens is 262 g/mol. The largest absolute Gasteiger partial charge is 0.376 e. The van der Waals surface area contributed by atoms with Crippen LogP contribution in [0.15, 0.2) is 36.5 Å². The zero-order chi connectivity index (χ0) is 15.5. The number of hydrogen-bond donors (Lipinski definition) is 2. The maximum absolute atomic E-state index is 6.00. The van der Waals surface area contributed by atoms with Crippen LogP contribution in [-0.2, 0) is 4.74 Å². The first kappa shape index (κ1) is 15.9. The molecule has 0 aliphatic carbocycles. The van der Waals surface area contributed by atoms with E-state index in [9.17, 15) is 0 Å². The minimum absolute atomic E-state index is 0.0293. The van der Waals surface area contributed by atoms with Crippen molar-refractivity contribution >= 4 is 10.9 Å². The number of pyridine rings is 1. The first-order valence-corrected chi connectivity index (χ1v) is 7.40. The number of hydrogen-bond acceptors (Lipinski definition) is 4. The summed E-state index contributed by atoms with van der Waals surface area (Å²) in [5.41, 5.74) is 5.01. The van der Waals surface area contributed by atoms with Crippen molar-refractivity contribution in [2.45, 2.75) is 39.8 Å². The van der Waals surface area contributed by atoms with Gasteiger partial charge in [0.05, 0.1) is 17.7 Å². The standard InChI is InChI=1S/C17H25N3O/c1-5-21-16(17(2,3)4)15(20-18)13-8-6-10-14-12(13)9-7-11-19-14/h6-11,15-16,20H,5,18H2,1-4H3. The van der Waals surface area contributed by atoms with Gasteiger partial charge >= 0.3 is 0 Å². The van der Waals surface area contributed by atoms with Crippen molar-refractivity contribution in [3.63, 3.8) is 0 Å². The Morgan fingerprint density at radius 1 is 1.24 bits per heavy atom. The second-order valence-corrected chi connectivity index (χ2v) is 6.30. The zero-order valence-corrected chi connectivity index (χ0v) is 13.3. The summed E-state index contributed by atoms with van der Waals surface area (Å²) in [5, 5.41) is 1.11. The van der Waals surface area contributed by atoms with Gasteiger partial charge in [-0.25, -0.2) is 0 Å². The van der Waals surface area contributed by atoms with Crippen LogP contribution in [0.3, 0.4) is 0 Å². The average molecular weight is 287 g/mol. The summed E-state index contributed by atoms with van der Waals surface area (Å²) in [5.74, 6) is 5.87. The van der Waals surface area contributed by atoms with E-state index >= 15 is 0 Å². The van der Waals surface area contributed by atoms with Crippen LogP contribution < -0.4 is 11.3 Å². The van der Waals surface area contributed by atoms with E-state index < -0.39 is 0 Å². The number of ether oxygens (including phenoxy) is 1. The first-order chi connectivity index (χ1) is 9.99. The minimum Gasteiger partial charge on any atom is -0.376 e. The molecule has 4 heteroatoms. The van der Waals surface area contributed by atoms with Gasteiger partial charge < -0.3 is 4.74 Å². The summed E-state index contributed by atoms with van der Waals surface area (Å²) in [6.45, 7) is 9.17. The molecule has 0 radical (unpaired) electrons.